The van der Waals surface area contributed by atoms with Gasteiger partial charge in [-0.15, -0.1) is 16.8 Å². The fourth-order valence-electron chi connectivity index (χ4n) is 1.60. The Balaban J connectivity index is 2.14. The third-order valence-corrected chi connectivity index (χ3v) is 4.57. The molecule has 1 N–H and O–H groups in total. The Morgan fingerprint density at radius 1 is 1.41 bits per heavy atom. The van der Waals surface area contributed by atoms with Crippen LogP contribution in [0.3, 0.4) is 0 Å². The van der Waals surface area contributed by atoms with Crippen LogP contribution in [-0.4, -0.2) is 36.1 Å². The van der Waals surface area contributed by atoms with Crippen LogP contribution in [0.4, 0.5) is 5.13 Å². The van der Waals surface area contributed by atoms with E-state index in [1.54, 1.807) is 24.3 Å². The number of aromatic nitrogens is 2. The predicted octanol–water partition coefficient (Wildman–Crippen LogP) is 3.09. The molecule has 1 heterocycles. The number of nitrogens with zero attached hydrogens (tertiary/aromatic N) is 2. The molecule has 0 saturated carbocycles. The van der Waals surface area contributed by atoms with E-state index in [1.807, 2.05) is 0 Å². The normalized spacial score (nSPS) is 10.1. The van der Waals surface area contributed by atoms with Crippen LogP contribution in [-0.2, 0) is 0 Å². The summed E-state index contributed by atoms with van der Waals surface area (Å²) in [6.07, 6.45) is 1.78. The van der Waals surface area contributed by atoms with Crippen molar-refractivity contribution in [2.75, 3.05) is 25.3 Å². The van der Waals surface area contributed by atoms with Gasteiger partial charge >= 0.3 is 0 Å². The smallest absolute Gasteiger partial charge is 0.261 e. The second-order valence-electron chi connectivity index (χ2n) is 3.99. The summed E-state index contributed by atoms with van der Waals surface area (Å²) in [4.78, 5) is 12.4. The first-order valence-electron chi connectivity index (χ1n) is 6.28. The van der Waals surface area contributed by atoms with Gasteiger partial charge in [0.25, 0.3) is 5.91 Å². The van der Waals surface area contributed by atoms with E-state index in [0.29, 0.717) is 22.2 Å². The third-order valence-electron chi connectivity index (χ3n) is 2.60. The van der Waals surface area contributed by atoms with E-state index < -0.39 is 0 Å². The quantitative estimate of drug-likeness (QED) is 0.475. The minimum atomic E-state index is -0.327. The average molecular weight is 337 g/mol. The summed E-state index contributed by atoms with van der Waals surface area (Å²) >= 11 is 2.82. The maximum Gasteiger partial charge on any atom is 0.261 e. The molecular weight excluding hydrogens is 322 g/mol. The molecule has 6 nitrogen and oxygen atoms in total. The van der Waals surface area contributed by atoms with E-state index in [1.165, 1.54) is 37.3 Å². The number of carbonyl (C=O) groups is 1. The molecule has 0 aliphatic rings. The number of carbonyl (C=O) groups excluding carboxylic acids is 1. The molecule has 0 unspecified atom stereocenters. The second-order valence-corrected chi connectivity index (χ2v) is 6.24. The number of benzene rings is 1. The lowest BCUT2D eigenvalue weighted by Gasteiger charge is -2.09. The molecule has 1 aromatic heterocycles. The van der Waals surface area contributed by atoms with E-state index in [0.717, 1.165) is 10.1 Å². The van der Waals surface area contributed by atoms with E-state index >= 15 is 0 Å². The largest absolute Gasteiger partial charge is 0.497 e. The maximum absolute atomic E-state index is 12.4. The molecule has 1 amide bonds. The summed E-state index contributed by atoms with van der Waals surface area (Å²) in [5.41, 5.74) is 0.373. The standard InChI is InChI=1S/C14H15N3O3S2/c1-4-7-21-14-17-16-13(22-14)15-12(18)10-8-9(19-2)5-6-11(10)20-3/h4-6,8H,1,7H2,2-3H3,(H,15,16,18). The van der Waals surface area contributed by atoms with Crippen LogP contribution < -0.4 is 14.8 Å². The van der Waals surface area contributed by atoms with Gasteiger partial charge in [0.05, 0.1) is 19.8 Å². The summed E-state index contributed by atoms with van der Waals surface area (Å²) in [7, 11) is 3.05. The first-order valence-corrected chi connectivity index (χ1v) is 8.08. The van der Waals surface area contributed by atoms with Gasteiger partial charge < -0.3 is 9.47 Å². The molecule has 0 bridgehead atoms. The van der Waals surface area contributed by atoms with Crippen LogP contribution in [0.2, 0.25) is 0 Å². The molecule has 2 rings (SSSR count). The SMILES string of the molecule is C=CCSc1nnc(NC(=O)c2cc(OC)ccc2OC)s1. The van der Waals surface area contributed by atoms with Crippen molar-refractivity contribution in [3.8, 4) is 11.5 Å². The number of amides is 1. The van der Waals surface area contributed by atoms with Gasteiger partial charge in [-0.1, -0.05) is 29.2 Å². The molecule has 0 atom stereocenters. The summed E-state index contributed by atoms with van der Waals surface area (Å²) in [5.74, 6) is 1.45. The number of nitrogens with one attached hydrogen (secondary N) is 1. The highest BCUT2D eigenvalue weighted by atomic mass is 32.2. The maximum atomic E-state index is 12.4. The van der Waals surface area contributed by atoms with E-state index in [4.69, 9.17) is 9.47 Å². The minimum absolute atomic E-state index is 0.327. The number of ether oxygens (including phenoxy) is 2. The average Bonchev–Trinajstić information content (AvgIpc) is 2.99. The van der Waals surface area contributed by atoms with Crippen molar-refractivity contribution < 1.29 is 14.3 Å². The van der Waals surface area contributed by atoms with Gasteiger partial charge in [-0.25, -0.2) is 0 Å². The monoisotopic (exact) mass is 337 g/mol. The summed E-state index contributed by atoms with van der Waals surface area (Å²) in [6, 6.07) is 5.02. The molecule has 0 radical (unpaired) electrons. The van der Waals surface area contributed by atoms with Gasteiger partial charge in [0, 0.05) is 5.75 Å². The van der Waals surface area contributed by atoms with Gasteiger partial charge in [-0.2, -0.15) is 0 Å². The van der Waals surface area contributed by atoms with Crippen molar-refractivity contribution >= 4 is 34.1 Å². The van der Waals surface area contributed by atoms with Gasteiger partial charge in [0.1, 0.15) is 11.5 Å². The van der Waals surface area contributed by atoms with E-state index in [9.17, 15) is 4.79 Å². The van der Waals surface area contributed by atoms with Crippen molar-refractivity contribution in [3.63, 3.8) is 0 Å². The third kappa shape index (κ3) is 3.99. The Hall–Kier alpha value is -2.06. The summed E-state index contributed by atoms with van der Waals surface area (Å²) in [6.45, 7) is 3.65. The van der Waals surface area contributed by atoms with E-state index in [2.05, 4.69) is 22.1 Å². The fraction of sp³-hybridized carbons (Fsp3) is 0.214. The van der Waals surface area contributed by atoms with Crippen LogP contribution in [0.1, 0.15) is 10.4 Å². The number of anilines is 1. The van der Waals surface area contributed by atoms with E-state index in [-0.39, 0.29) is 5.91 Å². The Morgan fingerprint density at radius 3 is 2.91 bits per heavy atom. The lowest BCUT2D eigenvalue weighted by molar-refractivity contribution is 0.102. The van der Waals surface area contributed by atoms with Gasteiger partial charge in [-0.3, -0.25) is 10.1 Å². The molecule has 1 aromatic carbocycles. The fourth-order valence-corrected chi connectivity index (χ4v) is 3.11. The molecule has 0 spiro atoms. The van der Waals surface area contributed by atoms with Crippen LogP contribution >= 0.6 is 23.1 Å². The van der Waals surface area contributed by atoms with Crippen LogP contribution in [0, 0.1) is 0 Å². The van der Waals surface area contributed by atoms with Crippen molar-refractivity contribution in [1.29, 1.82) is 0 Å². The number of rotatable bonds is 7. The summed E-state index contributed by atoms with van der Waals surface area (Å²) in [5, 5.41) is 11.1. The molecule has 0 fully saturated rings. The van der Waals surface area contributed by atoms with Crippen molar-refractivity contribution in [3.05, 3.63) is 36.4 Å². The Kier molecular flexibility index (Phi) is 5.79. The zero-order valence-electron chi connectivity index (χ0n) is 12.2. The lowest BCUT2D eigenvalue weighted by Crippen LogP contribution is -2.13. The van der Waals surface area contributed by atoms with Crippen LogP contribution in [0.15, 0.2) is 35.2 Å². The first-order chi connectivity index (χ1) is 10.7. The second kappa shape index (κ2) is 7.81. The molecule has 8 heteroatoms. The number of methoxy groups -OCH3 is 2. The van der Waals surface area contributed by atoms with Gasteiger partial charge in [-0.05, 0) is 18.2 Å². The number of hydrogen-bond acceptors (Lipinski definition) is 7. The zero-order chi connectivity index (χ0) is 15.9. The van der Waals surface area contributed by atoms with Crippen LogP contribution in [0.5, 0.6) is 11.5 Å². The molecule has 0 aliphatic carbocycles. The summed E-state index contributed by atoms with van der Waals surface area (Å²) < 4.78 is 11.1. The lowest BCUT2D eigenvalue weighted by atomic mass is 10.2. The topological polar surface area (TPSA) is 73.3 Å². The predicted molar refractivity (Wildman–Crippen MR) is 88.3 cm³/mol. The van der Waals surface area contributed by atoms with Gasteiger partial charge in [0.15, 0.2) is 4.34 Å². The van der Waals surface area contributed by atoms with Crippen molar-refractivity contribution in [2.24, 2.45) is 0 Å². The van der Waals surface area contributed by atoms with Crippen LogP contribution in [0.25, 0.3) is 0 Å². The highest BCUT2D eigenvalue weighted by Gasteiger charge is 2.16. The Morgan fingerprint density at radius 2 is 2.23 bits per heavy atom. The molecule has 2 aromatic rings. The number of thioether (sulfide) groups is 1. The molecule has 0 aliphatic heterocycles. The highest BCUT2D eigenvalue weighted by Crippen LogP contribution is 2.28. The number of hydrogen-bond donors (Lipinski definition) is 1. The molecule has 116 valence electrons. The van der Waals surface area contributed by atoms with Crippen molar-refractivity contribution in [2.45, 2.75) is 4.34 Å². The minimum Gasteiger partial charge on any atom is -0.497 e. The highest BCUT2D eigenvalue weighted by molar-refractivity contribution is 8.01. The Labute approximate surface area is 136 Å². The zero-order valence-corrected chi connectivity index (χ0v) is 13.8. The van der Waals surface area contributed by atoms with Gasteiger partial charge in [0.2, 0.25) is 5.13 Å². The Bertz CT molecular complexity index is 673. The van der Waals surface area contributed by atoms with Crippen molar-refractivity contribution in [1.82, 2.24) is 10.2 Å². The molecule has 0 saturated heterocycles. The molecular formula is C14H15N3O3S2. The first kappa shape index (κ1) is 16.3. The molecule has 22 heavy (non-hydrogen) atoms.